The highest BCUT2D eigenvalue weighted by molar-refractivity contribution is 5.89. The lowest BCUT2D eigenvalue weighted by Gasteiger charge is -2.37. The van der Waals surface area contributed by atoms with E-state index in [1.54, 1.807) is 12.1 Å². The number of hydrogen-bond donors (Lipinski definition) is 1. The average molecular weight is 496 g/mol. The van der Waals surface area contributed by atoms with Crippen LogP contribution in [0.1, 0.15) is 29.9 Å². The zero-order valence-corrected chi connectivity index (χ0v) is 20.0. The van der Waals surface area contributed by atoms with E-state index in [0.29, 0.717) is 45.8 Å². The Labute approximate surface area is 209 Å². The van der Waals surface area contributed by atoms with E-state index in [1.807, 2.05) is 30.3 Å². The van der Waals surface area contributed by atoms with Crippen molar-refractivity contribution in [2.45, 2.75) is 37.8 Å². The first-order valence-electron chi connectivity index (χ1n) is 12.3. The molecular weight excluding hydrogens is 465 g/mol. The maximum atomic E-state index is 13.5. The number of fused-ring (bicyclic) bond motifs is 1. The average Bonchev–Trinajstić information content (AvgIpc) is 3.41. The van der Waals surface area contributed by atoms with E-state index >= 15 is 0 Å². The summed E-state index contributed by atoms with van der Waals surface area (Å²) in [5.41, 5.74) is 1.88. The summed E-state index contributed by atoms with van der Waals surface area (Å²) >= 11 is 0. The van der Waals surface area contributed by atoms with E-state index in [0.717, 1.165) is 27.6 Å². The second-order valence-electron chi connectivity index (χ2n) is 9.15. The Kier molecular flexibility index (Phi) is 7.65. The topological polar surface area (TPSA) is 77.5 Å². The molecule has 3 aromatic rings. The molecule has 0 aliphatic carbocycles. The summed E-state index contributed by atoms with van der Waals surface area (Å²) in [5, 5.41) is 11.6. The summed E-state index contributed by atoms with van der Waals surface area (Å²) < 4.78 is 37.0. The molecule has 5 rings (SSSR count). The quantitative estimate of drug-likeness (QED) is 0.465. The van der Waals surface area contributed by atoms with Crippen LogP contribution in [0.4, 0.5) is 9.18 Å². The number of nitrogens with zero attached hydrogens (tertiary/aromatic N) is 1. The van der Waals surface area contributed by atoms with Crippen molar-refractivity contribution < 1.29 is 33.2 Å². The largest absolute Gasteiger partial charge is 0.493 e. The SMILES string of the molecule is O=C(O)N1CCC(c2ccc(F)cc2)C(OCc2cc(OCCC3OCCO3)c3ccccc3c2)C1. The molecule has 2 heterocycles. The molecule has 2 aliphatic rings. The maximum Gasteiger partial charge on any atom is 0.407 e. The minimum atomic E-state index is -0.960. The van der Waals surface area contributed by atoms with Crippen LogP contribution in [0.2, 0.25) is 0 Å². The zero-order chi connectivity index (χ0) is 24.9. The van der Waals surface area contributed by atoms with E-state index in [-0.39, 0.29) is 30.7 Å². The second-order valence-corrected chi connectivity index (χ2v) is 9.15. The number of halogens is 1. The molecular formula is C28H30FNO6. The van der Waals surface area contributed by atoms with E-state index in [2.05, 4.69) is 6.07 Å². The van der Waals surface area contributed by atoms with Gasteiger partial charge in [-0.05, 0) is 47.2 Å². The van der Waals surface area contributed by atoms with E-state index in [1.165, 1.54) is 17.0 Å². The molecule has 2 atom stereocenters. The minimum absolute atomic E-state index is 0.0243. The normalized spacial score (nSPS) is 20.6. The highest BCUT2D eigenvalue weighted by Gasteiger charge is 2.33. The summed E-state index contributed by atoms with van der Waals surface area (Å²) in [6, 6.07) is 18.4. The van der Waals surface area contributed by atoms with Crippen molar-refractivity contribution in [2.75, 3.05) is 32.9 Å². The molecule has 2 fully saturated rings. The van der Waals surface area contributed by atoms with Crippen LogP contribution < -0.4 is 4.74 Å². The van der Waals surface area contributed by atoms with Crippen LogP contribution in [0.25, 0.3) is 10.8 Å². The van der Waals surface area contributed by atoms with Crippen molar-refractivity contribution in [3.05, 3.63) is 77.6 Å². The van der Waals surface area contributed by atoms with Crippen molar-refractivity contribution in [2.24, 2.45) is 0 Å². The predicted molar refractivity (Wildman–Crippen MR) is 132 cm³/mol. The number of amides is 1. The predicted octanol–water partition coefficient (Wildman–Crippen LogP) is 5.17. The number of rotatable bonds is 8. The molecule has 3 aromatic carbocycles. The van der Waals surface area contributed by atoms with Gasteiger partial charge in [-0.3, -0.25) is 0 Å². The molecule has 190 valence electrons. The molecule has 7 nitrogen and oxygen atoms in total. The van der Waals surface area contributed by atoms with Crippen molar-refractivity contribution in [1.29, 1.82) is 0 Å². The molecule has 0 spiro atoms. The molecule has 0 aromatic heterocycles. The molecule has 1 N–H and O–H groups in total. The van der Waals surface area contributed by atoms with Crippen LogP contribution in [0.3, 0.4) is 0 Å². The van der Waals surface area contributed by atoms with Crippen molar-refractivity contribution >= 4 is 16.9 Å². The van der Waals surface area contributed by atoms with E-state index in [4.69, 9.17) is 18.9 Å². The number of carbonyl (C=O) groups is 1. The number of hydrogen-bond acceptors (Lipinski definition) is 5. The molecule has 36 heavy (non-hydrogen) atoms. The Morgan fingerprint density at radius 2 is 1.86 bits per heavy atom. The van der Waals surface area contributed by atoms with Gasteiger partial charge in [0, 0.05) is 24.3 Å². The monoisotopic (exact) mass is 495 g/mol. The Hall–Kier alpha value is -3.20. The standard InChI is InChI=1S/C28H30FNO6/c29-22-7-5-20(6-8-22)24-9-11-30(28(31)32)17-26(24)36-18-19-15-21-3-1-2-4-23(21)25(16-19)33-12-10-27-34-13-14-35-27/h1-8,15-16,24,26-27H,9-14,17-18H2,(H,31,32). The van der Waals surface area contributed by atoms with Crippen LogP contribution in [0, 0.1) is 5.82 Å². The lowest BCUT2D eigenvalue weighted by atomic mass is 9.87. The number of piperidine rings is 1. The summed E-state index contributed by atoms with van der Waals surface area (Å²) in [7, 11) is 0. The number of carboxylic acid groups (broad SMARTS) is 1. The third-order valence-electron chi connectivity index (χ3n) is 6.78. The second kappa shape index (κ2) is 11.2. The van der Waals surface area contributed by atoms with Gasteiger partial charge in [0.1, 0.15) is 11.6 Å². The van der Waals surface area contributed by atoms with Gasteiger partial charge < -0.3 is 29.0 Å². The summed E-state index contributed by atoms with van der Waals surface area (Å²) in [5.74, 6) is 0.438. The van der Waals surface area contributed by atoms with Gasteiger partial charge in [-0.2, -0.15) is 0 Å². The third kappa shape index (κ3) is 5.78. The van der Waals surface area contributed by atoms with Gasteiger partial charge in [0.25, 0.3) is 0 Å². The van der Waals surface area contributed by atoms with Gasteiger partial charge in [-0.15, -0.1) is 0 Å². The lowest BCUT2D eigenvalue weighted by Crippen LogP contribution is -2.46. The summed E-state index contributed by atoms with van der Waals surface area (Å²) in [6.45, 7) is 2.66. The fourth-order valence-corrected chi connectivity index (χ4v) is 4.93. The molecule has 2 unspecified atom stereocenters. The molecule has 0 bridgehead atoms. The van der Waals surface area contributed by atoms with E-state index in [9.17, 15) is 14.3 Å². The van der Waals surface area contributed by atoms with Gasteiger partial charge >= 0.3 is 6.09 Å². The number of likely N-dealkylation sites (tertiary alicyclic amines) is 1. The smallest absolute Gasteiger partial charge is 0.407 e. The van der Waals surface area contributed by atoms with E-state index < -0.39 is 6.09 Å². The van der Waals surface area contributed by atoms with Crippen molar-refractivity contribution in [1.82, 2.24) is 4.90 Å². The van der Waals surface area contributed by atoms with Crippen LogP contribution >= 0.6 is 0 Å². The van der Waals surface area contributed by atoms with Gasteiger partial charge in [0.15, 0.2) is 6.29 Å². The Bertz CT molecular complexity index is 1180. The van der Waals surface area contributed by atoms with Crippen LogP contribution in [-0.2, 0) is 20.8 Å². The first-order valence-corrected chi connectivity index (χ1v) is 12.3. The van der Waals surface area contributed by atoms with Crippen LogP contribution in [-0.4, -0.2) is 61.4 Å². The summed E-state index contributed by atoms with van der Waals surface area (Å²) in [6.07, 6.45) is -0.290. The molecule has 8 heteroatoms. The third-order valence-corrected chi connectivity index (χ3v) is 6.78. The van der Waals surface area contributed by atoms with Gasteiger partial charge in [0.2, 0.25) is 0 Å². The lowest BCUT2D eigenvalue weighted by molar-refractivity contribution is -0.0531. The van der Waals surface area contributed by atoms with Crippen molar-refractivity contribution in [3.8, 4) is 5.75 Å². The molecule has 2 aliphatic heterocycles. The maximum absolute atomic E-state index is 13.5. The first kappa shape index (κ1) is 24.5. The van der Waals surface area contributed by atoms with Gasteiger partial charge in [0.05, 0.1) is 39.1 Å². The first-order chi connectivity index (χ1) is 17.6. The Balaban J connectivity index is 1.32. The Morgan fingerprint density at radius 3 is 2.64 bits per heavy atom. The number of benzene rings is 3. The molecule has 0 radical (unpaired) electrons. The highest BCUT2D eigenvalue weighted by atomic mass is 19.1. The fourth-order valence-electron chi connectivity index (χ4n) is 4.93. The minimum Gasteiger partial charge on any atom is -0.493 e. The molecule has 2 saturated heterocycles. The highest BCUT2D eigenvalue weighted by Crippen LogP contribution is 2.33. The Morgan fingerprint density at radius 1 is 1.08 bits per heavy atom. The zero-order valence-electron chi connectivity index (χ0n) is 20.0. The van der Waals surface area contributed by atoms with Crippen LogP contribution in [0.5, 0.6) is 5.75 Å². The van der Waals surface area contributed by atoms with Gasteiger partial charge in [-0.25, -0.2) is 9.18 Å². The molecule has 1 amide bonds. The molecule has 0 saturated carbocycles. The number of ether oxygens (including phenoxy) is 4. The van der Waals surface area contributed by atoms with Gasteiger partial charge in [-0.1, -0.05) is 36.4 Å². The van der Waals surface area contributed by atoms with Crippen molar-refractivity contribution in [3.63, 3.8) is 0 Å². The summed E-state index contributed by atoms with van der Waals surface area (Å²) in [4.78, 5) is 13.0. The fraction of sp³-hybridized carbons (Fsp3) is 0.393. The van der Waals surface area contributed by atoms with Crippen LogP contribution in [0.15, 0.2) is 60.7 Å².